The number of carbonyl (C=O) groups excluding carboxylic acids is 1. The van der Waals surface area contributed by atoms with E-state index in [-0.39, 0.29) is 12.1 Å². The minimum atomic E-state index is -0.231. The van der Waals surface area contributed by atoms with Gasteiger partial charge in [-0.3, -0.25) is 4.68 Å². The number of hydrogen-bond donors (Lipinski definition) is 2. The number of rotatable bonds is 4. The zero-order valence-electron chi connectivity index (χ0n) is 14.1. The predicted molar refractivity (Wildman–Crippen MR) is 89.3 cm³/mol. The van der Waals surface area contributed by atoms with E-state index in [0.717, 1.165) is 28.9 Å². The van der Waals surface area contributed by atoms with E-state index in [1.54, 1.807) is 11.8 Å². The Kier molecular flexibility index (Phi) is 4.59. The van der Waals surface area contributed by atoms with Crippen molar-refractivity contribution < 1.29 is 14.3 Å². The van der Waals surface area contributed by atoms with Gasteiger partial charge in [-0.2, -0.15) is 0 Å². The minimum absolute atomic E-state index is 0.0462. The lowest BCUT2D eigenvalue weighted by Crippen LogP contribution is -2.47. The van der Waals surface area contributed by atoms with E-state index in [1.165, 1.54) is 0 Å². The number of aryl methyl sites for hydroxylation is 2. The van der Waals surface area contributed by atoms with Crippen molar-refractivity contribution in [3.63, 3.8) is 0 Å². The maximum atomic E-state index is 12.1. The van der Waals surface area contributed by atoms with E-state index >= 15 is 0 Å². The van der Waals surface area contributed by atoms with Crippen molar-refractivity contribution in [1.29, 1.82) is 0 Å². The van der Waals surface area contributed by atoms with Crippen molar-refractivity contribution >= 4 is 6.03 Å². The average molecular weight is 330 g/mol. The first-order valence-corrected chi connectivity index (χ1v) is 7.89. The third-order valence-electron chi connectivity index (χ3n) is 4.02. The number of methoxy groups -OCH3 is 1. The van der Waals surface area contributed by atoms with Gasteiger partial charge in [-0.15, -0.1) is 5.10 Å². The highest BCUT2D eigenvalue weighted by Crippen LogP contribution is 2.28. The van der Waals surface area contributed by atoms with Crippen molar-refractivity contribution in [2.75, 3.05) is 13.7 Å². The van der Waals surface area contributed by atoms with E-state index < -0.39 is 0 Å². The summed E-state index contributed by atoms with van der Waals surface area (Å²) < 4.78 is 12.6. The number of amides is 2. The number of urea groups is 1. The SMILES string of the molecule is COc1nn(C)cc1CNC(=O)NC1COc2c(C)cccc2C1. The molecule has 7 heteroatoms. The fourth-order valence-electron chi connectivity index (χ4n) is 2.90. The summed E-state index contributed by atoms with van der Waals surface area (Å²) in [5.41, 5.74) is 3.08. The molecule has 1 unspecified atom stereocenters. The Morgan fingerprint density at radius 1 is 1.50 bits per heavy atom. The van der Waals surface area contributed by atoms with E-state index in [2.05, 4.69) is 15.7 Å². The second kappa shape index (κ2) is 6.82. The first-order chi connectivity index (χ1) is 11.6. The fourth-order valence-corrected chi connectivity index (χ4v) is 2.90. The van der Waals surface area contributed by atoms with Gasteiger partial charge in [0.1, 0.15) is 12.4 Å². The van der Waals surface area contributed by atoms with E-state index in [4.69, 9.17) is 9.47 Å². The third-order valence-corrected chi connectivity index (χ3v) is 4.02. The van der Waals surface area contributed by atoms with Gasteiger partial charge in [0, 0.05) is 13.2 Å². The molecule has 7 nitrogen and oxygen atoms in total. The van der Waals surface area contributed by atoms with E-state index in [1.807, 2.05) is 38.4 Å². The van der Waals surface area contributed by atoms with Crippen molar-refractivity contribution in [2.24, 2.45) is 7.05 Å². The molecule has 2 aromatic rings. The van der Waals surface area contributed by atoms with Crippen molar-refractivity contribution in [2.45, 2.75) is 25.9 Å². The van der Waals surface area contributed by atoms with Crippen LogP contribution in [0, 0.1) is 6.92 Å². The van der Waals surface area contributed by atoms with Crippen LogP contribution in [0.2, 0.25) is 0 Å². The molecular formula is C17H22N4O3. The Labute approximate surface area is 140 Å². The highest BCUT2D eigenvalue weighted by atomic mass is 16.5. The first kappa shape index (κ1) is 16.2. The fraction of sp³-hybridized carbons (Fsp3) is 0.412. The number of benzene rings is 1. The molecule has 24 heavy (non-hydrogen) atoms. The lowest BCUT2D eigenvalue weighted by atomic mass is 10.0. The third kappa shape index (κ3) is 3.45. The van der Waals surface area contributed by atoms with E-state index in [0.29, 0.717) is 19.0 Å². The van der Waals surface area contributed by atoms with Gasteiger partial charge in [0.2, 0.25) is 5.88 Å². The Hall–Kier alpha value is -2.70. The normalized spacial score (nSPS) is 16.0. The number of nitrogens with zero attached hydrogens (tertiary/aromatic N) is 2. The van der Waals surface area contributed by atoms with Crippen LogP contribution in [0.4, 0.5) is 4.79 Å². The van der Waals surface area contributed by atoms with Crippen LogP contribution < -0.4 is 20.1 Å². The van der Waals surface area contributed by atoms with Crippen molar-refractivity contribution in [1.82, 2.24) is 20.4 Å². The summed E-state index contributed by atoms with van der Waals surface area (Å²) in [7, 11) is 3.37. The molecule has 2 amide bonds. The van der Waals surface area contributed by atoms with Crippen molar-refractivity contribution in [3.05, 3.63) is 41.1 Å². The molecule has 0 fully saturated rings. The summed E-state index contributed by atoms with van der Waals surface area (Å²) in [4.78, 5) is 12.1. The molecule has 0 aliphatic carbocycles. The van der Waals surface area contributed by atoms with Gasteiger partial charge >= 0.3 is 6.03 Å². The summed E-state index contributed by atoms with van der Waals surface area (Å²) in [5.74, 6) is 1.46. The Morgan fingerprint density at radius 3 is 3.12 bits per heavy atom. The van der Waals surface area contributed by atoms with Crippen molar-refractivity contribution in [3.8, 4) is 11.6 Å². The second-order valence-corrected chi connectivity index (χ2v) is 5.94. The minimum Gasteiger partial charge on any atom is -0.491 e. The lowest BCUT2D eigenvalue weighted by Gasteiger charge is -2.27. The number of ether oxygens (including phenoxy) is 2. The topological polar surface area (TPSA) is 77.4 Å². The number of hydrogen-bond acceptors (Lipinski definition) is 4. The molecule has 2 heterocycles. The molecule has 128 valence electrons. The van der Waals surface area contributed by atoms with Gasteiger partial charge in [-0.1, -0.05) is 18.2 Å². The van der Waals surface area contributed by atoms with Crippen LogP contribution >= 0.6 is 0 Å². The lowest BCUT2D eigenvalue weighted by molar-refractivity contribution is 0.213. The highest BCUT2D eigenvalue weighted by Gasteiger charge is 2.22. The number of para-hydroxylation sites is 1. The zero-order chi connectivity index (χ0) is 17.1. The summed E-state index contributed by atoms with van der Waals surface area (Å²) in [6, 6.07) is 5.80. The highest BCUT2D eigenvalue weighted by molar-refractivity contribution is 5.74. The number of carbonyl (C=O) groups is 1. The molecule has 0 saturated carbocycles. The summed E-state index contributed by atoms with van der Waals surface area (Å²) >= 11 is 0. The molecule has 1 aromatic heterocycles. The second-order valence-electron chi connectivity index (χ2n) is 5.94. The molecule has 0 spiro atoms. The Balaban J connectivity index is 1.54. The van der Waals surface area contributed by atoms with Crippen LogP contribution in [0.15, 0.2) is 24.4 Å². The van der Waals surface area contributed by atoms with Gasteiger partial charge in [0.05, 0.1) is 25.3 Å². The molecule has 3 rings (SSSR count). The smallest absolute Gasteiger partial charge is 0.315 e. The van der Waals surface area contributed by atoms with Crippen LogP contribution in [0.25, 0.3) is 0 Å². The van der Waals surface area contributed by atoms with E-state index in [9.17, 15) is 4.79 Å². The molecule has 0 radical (unpaired) electrons. The molecule has 1 atom stereocenters. The zero-order valence-corrected chi connectivity index (χ0v) is 14.1. The maximum Gasteiger partial charge on any atom is 0.315 e. The number of fused-ring (bicyclic) bond motifs is 1. The Bertz CT molecular complexity index is 741. The standard InChI is InChI=1S/C17H22N4O3/c1-11-5-4-6-12-7-14(10-24-15(11)12)19-17(22)18-8-13-9-21(2)20-16(13)23-3/h4-6,9,14H,7-8,10H2,1-3H3,(H2,18,19,22). The van der Waals surface area contributed by atoms with Crippen LogP contribution in [0.5, 0.6) is 11.6 Å². The van der Waals surface area contributed by atoms with Gasteiger partial charge in [0.25, 0.3) is 0 Å². The molecule has 0 bridgehead atoms. The molecular weight excluding hydrogens is 308 g/mol. The number of nitrogens with one attached hydrogen (secondary N) is 2. The number of aromatic nitrogens is 2. The monoisotopic (exact) mass is 330 g/mol. The average Bonchev–Trinajstić information content (AvgIpc) is 2.93. The summed E-state index contributed by atoms with van der Waals surface area (Å²) in [5, 5.41) is 9.94. The Morgan fingerprint density at radius 2 is 2.33 bits per heavy atom. The quantitative estimate of drug-likeness (QED) is 0.891. The summed E-state index contributed by atoms with van der Waals surface area (Å²) in [6.07, 6.45) is 2.59. The van der Waals surface area contributed by atoms with Crippen LogP contribution in [-0.2, 0) is 20.0 Å². The molecule has 1 aliphatic heterocycles. The molecule has 2 N–H and O–H groups in total. The molecule has 0 saturated heterocycles. The predicted octanol–water partition coefficient (Wildman–Crippen LogP) is 1.54. The van der Waals surface area contributed by atoms with Gasteiger partial charge in [-0.25, -0.2) is 4.79 Å². The van der Waals surface area contributed by atoms with Crippen LogP contribution in [0.3, 0.4) is 0 Å². The largest absolute Gasteiger partial charge is 0.491 e. The van der Waals surface area contributed by atoms with Crippen LogP contribution in [-0.4, -0.2) is 35.6 Å². The first-order valence-electron chi connectivity index (χ1n) is 7.89. The summed E-state index contributed by atoms with van der Waals surface area (Å²) in [6.45, 7) is 2.86. The van der Waals surface area contributed by atoms with Gasteiger partial charge in [-0.05, 0) is 24.5 Å². The van der Waals surface area contributed by atoms with Gasteiger partial charge in [0.15, 0.2) is 0 Å². The molecule has 1 aromatic carbocycles. The van der Waals surface area contributed by atoms with Crippen LogP contribution in [0.1, 0.15) is 16.7 Å². The maximum absolute atomic E-state index is 12.1. The van der Waals surface area contributed by atoms with Gasteiger partial charge < -0.3 is 20.1 Å². The molecule has 1 aliphatic rings.